The van der Waals surface area contributed by atoms with Crippen LogP contribution in [-0.2, 0) is 11.3 Å². The average molecular weight is 327 g/mol. The molecule has 5 nitrogen and oxygen atoms in total. The summed E-state index contributed by atoms with van der Waals surface area (Å²) in [6, 6.07) is 17.4. The van der Waals surface area contributed by atoms with Gasteiger partial charge in [0.05, 0.1) is 12.2 Å². The Balaban J connectivity index is 1.77. The molecule has 0 aliphatic carbocycles. The molecule has 0 fully saturated rings. The number of carbonyl (C=O) groups excluding carboxylic acids is 1. The van der Waals surface area contributed by atoms with Gasteiger partial charge in [-0.2, -0.15) is 0 Å². The first-order chi connectivity index (χ1) is 11.1. The van der Waals surface area contributed by atoms with E-state index in [0.29, 0.717) is 24.0 Å². The Kier molecular flexibility index (Phi) is 4.43. The largest absolute Gasteiger partial charge is 0.477 e. The van der Waals surface area contributed by atoms with E-state index in [2.05, 4.69) is 5.32 Å². The zero-order chi connectivity index (χ0) is 16.2. The molecule has 118 valence electrons. The van der Waals surface area contributed by atoms with Gasteiger partial charge < -0.3 is 20.7 Å². The highest BCUT2D eigenvalue weighted by Crippen LogP contribution is 2.33. The molecule has 0 saturated heterocycles. The summed E-state index contributed by atoms with van der Waals surface area (Å²) in [6.45, 7) is 0.910. The third kappa shape index (κ3) is 3.43. The Bertz CT molecular complexity index is 721. The van der Waals surface area contributed by atoms with Gasteiger partial charge in [0.1, 0.15) is 5.75 Å². The summed E-state index contributed by atoms with van der Waals surface area (Å²) in [4.78, 5) is 13.4. The summed E-state index contributed by atoms with van der Waals surface area (Å²) in [5.41, 5.74) is 7.35. The maximum atomic E-state index is 11.5. The Labute approximate surface area is 140 Å². The highest BCUT2D eigenvalue weighted by atomic mass is 32.1. The first-order valence-electron chi connectivity index (χ1n) is 7.29. The molecule has 0 unspecified atom stereocenters. The van der Waals surface area contributed by atoms with Gasteiger partial charge in [-0.1, -0.05) is 42.5 Å². The number of para-hydroxylation sites is 2. The topological polar surface area (TPSA) is 67.6 Å². The highest BCUT2D eigenvalue weighted by molar-refractivity contribution is 7.80. The maximum Gasteiger partial charge on any atom is 0.260 e. The Morgan fingerprint density at radius 3 is 2.65 bits per heavy atom. The number of nitrogens with one attached hydrogen (secondary N) is 1. The number of amides is 1. The van der Waals surface area contributed by atoms with Gasteiger partial charge in [0.25, 0.3) is 5.91 Å². The fraction of sp³-hybridized carbons (Fsp3) is 0.176. The van der Waals surface area contributed by atoms with E-state index in [9.17, 15) is 4.79 Å². The van der Waals surface area contributed by atoms with Crippen molar-refractivity contribution in [3.05, 3.63) is 60.2 Å². The lowest BCUT2D eigenvalue weighted by Gasteiger charge is -2.35. The van der Waals surface area contributed by atoms with E-state index in [1.807, 2.05) is 53.4 Å². The van der Waals surface area contributed by atoms with E-state index in [1.54, 1.807) is 6.07 Å². The molecule has 3 N–H and O–H groups in total. The van der Waals surface area contributed by atoms with Crippen molar-refractivity contribution < 1.29 is 9.53 Å². The Hall–Kier alpha value is -2.60. The third-order valence-corrected chi connectivity index (χ3v) is 3.99. The second-order valence-electron chi connectivity index (χ2n) is 5.23. The van der Waals surface area contributed by atoms with Gasteiger partial charge in [0, 0.05) is 6.54 Å². The van der Waals surface area contributed by atoms with Crippen LogP contribution in [-0.4, -0.2) is 23.7 Å². The number of fused-ring (bicyclic) bond motifs is 1. The SMILES string of the molecule is NC(=O)[C@H]1CN(C(=S)NCc2ccccc2)c2ccccc2O1. The van der Waals surface area contributed by atoms with Gasteiger partial charge in [-0.25, -0.2) is 0 Å². The number of hydrogen-bond acceptors (Lipinski definition) is 3. The zero-order valence-electron chi connectivity index (χ0n) is 12.4. The fourth-order valence-corrected chi connectivity index (χ4v) is 2.69. The van der Waals surface area contributed by atoms with Crippen LogP contribution in [0.25, 0.3) is 0 Å². The zero-order valence-corrected chi connectivity index (χ0v) is 13.3. The molecule has 1 heterocycles. The Morgan fingerprint density at radius 2 is 1.91 bits per heavy atom. The van der Waals surface area contributed by atoms with Crippen molar-refractivity contribution in [1.29, 1.82) is 0 Å². The molecule has 2 aromatic rings. The molecular weight excluding hydrogens is 310 g/mol. The van der Waals surface area contributed by atoms with E-state index in [4.69, 9.17) is 22.7 Å². The molecule has 1 atom stereocenters. The second kappa shape index (κ2) is 6.66. The molecule has 0 aromatic heterocycles. The molecule has 1 aliphatic heterocycles. The molecule has 0 saturated carbocycles. The van der Waals surface area contributed by atoms with Crippen LogP contribution in [0.15, 0.2) is 54.6 Å². The number of hydrogen-bond donors (Lipinski definition) is 2. The third-order valence-electron chi connectivity index (χ3n) is 3.62. The van der Waals surface area contributed by atoms with Crippen molar-refractivity contribution in [2.75, 3.05) is 11.4 Å². The maximum absolute atomic E-state index is 11.5. The van der Waals surface area contributed by atoms with Crippen molar-refractivity contribution >= 4 is 28.9 Å². The predicted octanol–water partition coefficient (Wildman–Crippen LogP) is 1.81. The summed E-state index contributed by atoms with van der Waals surface area (Å²) in [6.07, 6.45) is -0.721. The number of anilines is 1. The summed E-state index contributed by atoms with van der Waals surface area (Å²) in [5, 5.41) is 3.76. The minimum absolute atomic E-state index is 0.299. The van der Waals surface area contributed by atoms with Crippen LogP contribution >= 0.6 is 12.2 Å². The molecule has 0 spiro atoms. The average Bonchev–Trinajstić information content (AvgIpc) is 2.59. The number of rotatable bonds is 3. The van der Waals surface area contributed by atoms with Crippen LogP contribution in [0.3, 0.4) is 0 Å². The van der Waals surface area contributed by atoms with Crippen LogP contribution in [0.1, 0.15) is 5.56 Å². The minimum atomic E-state index is -0.721. The molecule has 6 heteroatoms. The number of nitrogens with zero attached hydrogens (tertiary/aromatic N) is 1. The van der Waals surface area contributed by atoms with E-state index in [1.165, 1.54) is 0 Å². The van der Waals surface area contributed by atoms with Crippen LogP contribution in [0, 0.1) is 0 Å². The fourth-order valence-electron chi connectivity index (χ4n) is 2.44. The molecule has 2 aromatic carbocycles. The van der Waals surface area contributed by atoms with Gasteiger partial charge in [-0.3, -0.25) is 4.79 Å². The molecule has 23 heavy (non-hydrogen) atoms. The number of ether oxygens (including phenoxy) is 1. The lowest BCUT2D eigenvalue weighted by molar-refractivity contribution is -0.124. The summed E-state index contributed by atoms with van der Waals surface area (Å²) in [7, 11) is 0. The van der Waals surface area contributed by atoms with Crippen LogP contribution < -0.4 is 20.7 Å². The van der Waals surface area contributed by atoms with E-state index < -0.39 is 12.0 Å². The number of primary amides is 1. The second-order valence-corrected chi connectivity index (χ2v) is 5.62. The molecule has 0 bridgehead atoms. The lowest BCUT2D eigenvalue weighted by Crippen LogP contribution is -2.51. The summed E-state index contributed by atoms with van der Waals surface area (Å²) < 4.78 is 5.63. The molecular formula is C17H17N3O2S. The van der Waals surface area contributed by atoms with Gasteiger partial charge in [0.15, 0.2) is 11.2 Å². The molecule has 0 radical (unpaired) electrons. The first-order valence-corrected chi connectivity index (χ1v) is 7.70. The van der Waals surface area contributed by atoms with Crippen molar-refractivity contribution in [3.8, 4) is 5.75 Å². The van der Waals surface area contributed by atoms with Crippen LogP contribution in [0.5, 0.6) is 5.75 Å². The van der Waals surface area contributed by atoms with Crippen molar-refractivity contribution in [2.45, 2.75) is 12.6 Å². The quantitative estimate of drug-likeness (QED) is 0.842. The van der Waals surface area contributed by atoms with Gasteiger partial charge in [0.2, 0.25) is 0 Å². The number of benzene rings is 2. The Morgan fingerprint density at radius 1 is 1.22 bits per heavy atom. The van der Waals surface area contributed by atoms with Gasteiger partial charge in [-0.05, 0) is 29.9 Å². The number of carbonyl (C=O) groups is 1. The van der Waals surface area contributed by atoms with Crippen molar-refractivity contribution in [1.82, 2.24) is 5.32 Å². The minimum Gasteiger partial charge on any atom is -0.477 e. The molecule has 1 aliphatic rings. The predicted molar refractivity (Wildman–Crippen MR) is 93.3 cm³/mol. The summed E-state index contributed by atoms with van der Waals surface area (Å²) in [5.74, 6) is 0.0989. The smallest absolute Gasteiger partial charge is 0.260 e. The normalized spacial score (nSPS) is 16.2. The first kappa shape index (κ1) is 15.3. The van der Waals surface area contributed by atoms with Gasteiger partial charge in [-0.15, -0.1) is 0 Å². The van der Waals surface area contributed by atoms with Gasteiger partial charge >= 0.3 is 0 Å². The van der Waals surface area contributed by atoms with Crippen LogP contribution in [0.2, 0.25) is 0 Å². The van der Waals surface area contributed by atoms with E-state index >= 15 is 0 Å². The van der Waals surface area contributed by atoms with Crippen molar-refractivity contribution in [3.63, 3.8) is 0 Å². The van der Waals surface area contributed by atoms with E-state index in [0.717, 1.165) is 11.3 Å². The molecule has 3 rings (SSSR count). The van der Waals surface area contributed by atoms with E-state index in [-0.39, 0.29) is 0 Å². The number of nitrogens with two attached hydrogens (primary N) is 1. The lowest BCUT2D eigenvalue weighted by atomic mass is 10.2. The van der Waals surface area contributed by atoms with Crippen LogP contribution in [0.4, 0.5) is 5.69 Å². The standard InChI is InChI=1S/C17H17N3O2S/c18-16(21)15-11-20(13-8-4-5-9-14(13)22-15)17(23)19-10-12-6-2-1-3-7-12/h1-9,15H,10-11H2,(H2,18,21)(H,19,23)/t15-/m1/s1. The van der Waals surface area contributed by atoms with Crippen molar-refractivity contribution in [2.24, 2.45) is 5.73 Å². The summed E-state index contributed by atoms with van der Waals surface area (Å²) >= 11 is 5.50. The molecule has 1 amide bonds. The number of thiocarbonyl (C=S) groups is 1. The monoisotopic (exact) mass is 327 g/mol. The highest BCUT2D eigenvalue weighted by Gasteiger charge is 2.30.